The first-order valence-corrected chi connectivity index (χ1v) is 8.72. The van der Waals surface area contributed by atoms with Crippen LogP contribution in [-0.2, 0) is 9.53 Å². The first-order chi connectivity index (χ1) is 10.2. The fraction of sp³-hybridized carbons (Fsp3) is 0.941. The van der Waals surface area contributed by atoms with Crippen LogP contribution in [0.5, 0.6) is 0 Å². The Morgan fingerprint density at radius 2 is 1.67 bits per heavy atom. The molecule has 4 nitrogen and oxygen atoms in total. The number of amides is 1. The molecule has 2 rings (SSSR count). The number of nitrogens with zero attached hydrogens (tertiary/aromatic N) is 2. The van der Waals surface area contributed by atoms with Gasteiger partial charge in [0.1, 0.15) is 0 Å². The maximum absolute atomic E-state index is 11.9. The molecule has 0 saturated carbocycles. The zero-order valence-electron chi connectivity index (χ0n) is 13.9. The highest BCUT2D eigenvalue weighted by Crippen LogP contribution is 2.23. The van der Waals surface area contributed by atoms with Crippen LogP contribution in [0, 0.1) is 11.8 Å². The number of ether oxygens (including phenoxy) is 1. The minimum atomic E-state index is 0.358. The Bertz CT molecular complexity index is 306. The topological polar surface area (TPSA) is 32.8 Å². The van der Waals surface area contributed by atoms with Gasteiger partial charge >= 0.3 is 0 Å². The number of likely N-dealkylation sites (tertiary alicyclic amines) is 2. The molecular formula is C17H32N2O2. The molecular weight excluding hydrogens is 264 g/mol. The van der Waals surface area contributed by atoms with Gasteiger partial charge in [-0.3, -0.25) is 4.79 Å². The van der Waals surface area contributed by atoms with Crippen molar-refractivity contribution in [2.45, 2.75) is 45.4 Å². The van der Waals surface area contributed by atoms with Gasteiger partial charge in [-0.2, -0.15) is 0 Å². The zero-order valence-corrected chi connectivity index (χ0v) is 13.9. The van der Waals surface area contributed by atoms with Gasteiger partial charge in [-0.1, -0.05) is 6.92 Å². The molecule has 0 aromatic heterocycles. The van der Waals surface area contributed by atoms with E-state index < -0.39 is 0 Å². The highest BCUT2D eigenvalue weighted by atomic mass is 16.5. The molecule has 0 spiro atoms. The van der Waals surface area contributed by atoms with E-state index in [1.165, 1.54) is 45.3 Å². The normalized spacial score (nSPS) is 22.7. The van der Waals surface area contributed by atoms with E-state index in [4.69, 9.17) is 4.74 Å². The third-order valence-electron chi connectivity index (χ3n) is 5.06. The van der Waals surface area contributed by atoms with Gasteiger partial charge in [0.05, 0.1) is 0 Å². The fourth-order valence-electron chi connectivity index (χ4n) is 3.67. The molecule has 2 aliphatic rings. The Kier molecular flexibility index (Phi) is 6.97. The zero-order chi connectivity index (χ0) is 15.1. The van der Waals surface area contributed by atoms with E-state index >= 15 is 0 Å². The van der Waals surface area contributed by atoms with Crippen molar-refractivity contribution in [3.8, 4) is 0 Å². The van der Waals surface area contributed by atoms with Crippen molar-refractivity contribution in [2.75, 3.05) is 46.4 Å². The smallest absolute Gasteiger partial charge is 0.222 e. The van der Waals surface area contributed by atoms with Crippen molar-refractivity contribution in [1.29, 1.82) is 0 Å². The summed E-state index contributed by atoms with van der Waals surface area (Å²) in [5.41, 5.74) is 0. The van der Waals surface area contributed by atoms with Gasteiger partial charge in [0.15, 0.2) is 0 Å². The van der Waals surface area contributed by atoms with Crippen molar-refractivity contribution in [3.63, 3.8) is 0 Å². The quantitative estimate of drug-likeness (QED) is 0.754. The lowest BCUT2D eigenvalue weighted by Gasteiger charge is -2.37. The van der Waals surface area contributed by atoms with Crippen LogP contribution in [-0.4, -0.2) is 62.1 Å². The average Bonchev–Trinajstić information content (AvgIpc) is 2.50. The number of hydrogen-bond acceptors (Lipinski definition) is 3. The van der Waals surface area contributed by atoms with Crippen molar-refractivity contribution in [1.82, 2.24) is 9.80 Å². The van der Waals surface area contributed by atoms with Crippen LogP contribution >= 0.6 is 0 Å². The van der Waals surface area contributed by atoms with Gasteiger partial charge in [-0.05, 0) is 57.0 Å². The molecule has 122 valence electrons. The Labute approximate surface area is 129 Å². The molecule has 0 bridgehead atoms. The summed E-state index contributed by atoms with van der Waals surface area (Å²) < 4.78 is 5.26. The van der Waals surface area contributed by atoms with E-state index in [1.807, 2.05) is 0 Å². The van der Waals surface area contributed by atoms with Crippen LogP contribution in [0.1, 0.15) is 45.4 Å². The first-order valence-electron chi connectivity index (χ1n) is 8.72. The number of hydrogen-bond donors (Lipinski definition) is 0. The summed E-state index contributed by atoms with van der Waals surface area (Å²) in [5, 5.41) is 0. The minimum Gasteiger partial charge on any atom is -0.384 e. The molecule has 0 N–H and O–H groups in total. The fourth-order valence-corrected chi connectivity index (χ4v) is 3.67. The second-order valence-corrected chi connectivity index (χ2v) is 6.77. The molecule has 1 amide bonds. The summed E-state index contributed by atoms with van der Waals surface area (Å²) in [6.07, 6.45) is 6.62. The Morgan fingerprint density at radius 1 is 1.05 bits per heavy atom. The molecule has 4 heteroatoms. The van der Waals surface area contributed by atoms with E-state index in [-0.39, 0.29) is 0 Å². The van der Waals surface area contributed by atoms with Crippen molar-refractivity contribution >= 4 is 5.91 Å². The molecule has 21 heavy (non-hydrogen) atoms. The van der Waals surface area contributed by atoms with E-state index in [0.717, 1.165) is 44.4 Å². The van der Waals surface area contributed by atoms with Gasteiger partial charge < -0.3 is 14.5 Å². The van der Waals surface area contributed by atoms with Crippen molar-refractivity contribution in [2.24, 2.45) is 11.8 Å². The van der Waals surface area contributed by atoms with E-state index in [2.05, 4.69) is 16.7 Å². The van der Waals surface area contributed by atoms with Crippen LogP contribution < -0.4 is 0 Å². The van der Waals surface area contributed by atoms with Crippen LogP contribution in [0.15, 0.2) is 0 Å². The number of carbonyl (C=O) groups excluding carboxylic acids is 1. The van der Waals surface area contributed by atoms with E-state index in [1.54, 1.807) is 7.11 Å². The molecule has 0 aliphatic carbocycles. The second-order valence-electron chi connectivity index (χ2n) is 6.77. The first kappa shape index (κ1) is 16.8. The van der Waals surface area contributed by atoms with Crippen LogP contribution in [0.3, 0.4) is 0 Å². The molecule has 2 fully saturated rings. The predicted octanol–water partition coefficient (Wildman–Crippen LogP) is 2.38. The lowest BCUT2D eigenvalue weighted by Crippen LogP contribution is -2.43. The van der Waals surface area contributed by atoms with Crippen molar-refractivity contribution in [3.05, 3.63) is 0 Å². The standard InChI is InChI=1S/C17H32N2O2/c1-3-4-17(20)19-11-7-15(8-12-19)13-18-9-5-16(6-10-18)14-21-2/h15-16H,3-14H2,1-2H3. The molecule has 0 aromatic carbocycles. The molecule has 0 atom stereocenters. The molecule has 2 heterocycles. The van der Waals surface area contributed by atoms with E-state index in [9.17, 15) is 4.79 Å². The summed E-state index contributed by atoms with van der Waals surface area (Å²) in [6.45, 7) is 8.64. The largest absolute Gasteiger partial charge is 0.384 e. The second kappa shape index (κ2) is 8.74. The third-order valence-corrected chi connectivity index (χ3v) is 5.06. The molecule has 2 aliphatic heterocycles. The lowest BCUT2D eigenvalue weighted by atomic mass is 9.93. The number of rotatable bonds is 6. The lowest BCUT2D eigenvalue weighted by molar-refractivity contribution is -0.132. The molecule has 0 radical (unpaired) electrons. The van der Waals surface area contributed by atoms with Crippen LogP contribution in [0.25, 0.3) is 0 Å². The molecule has 0 aromatic rings. The maximum atomic E-state index is 11.9. The predicted molar refractivity (Wildman–Crippen MR) is 85.3 cm³/mol. The van der Waals surface area contributed by atoms with E-state index in [0.29, 0.717) is 5.91 Å². The van der Waals surface area contributed by atoms with Crippen LogP contribution in [0.4, 0.5) is 0 Å². The van der Waals surface area contributed by atoms with Gasteiger partial charge in [-0.15, -0.1) is 0 Å². The minimum absolute atomic E-state index is 0.358. The summed E-state index contributed by atoms with van der Waals surface area (Å²) in [7, 11) is 1.81. The monoisotopic (exact) mass is 296 g/mol. The average molecular weight is 296 g/mol. The van der Waals surface area contributed by atoms with Gasteiger partial charge in [-0.25, -0.2) is 0 Å². The maximum Gasteiger partial charge on any atom is 0.222 e. The summed E-state index contributed by atoms with van der Waals surface area (Å²) in [5.74, 6) is 1.91. The summed E-state index contributed by atoms with van der Waals surface area (Å²) in [4.78, 5) is 16.6. The number of piperidine rings is 2. The molecule has 0 unspecified atom stereocenters. The van der Waals surface area contributed by atoms with Gasteiger partial charge in [0.25, 0.3) is 0 Å². The van der Waals surface area contributed by atoms with Gasteiger partial charge in [0, 0.05) is 39.8 Å². The van der Waals surface area contributed by atoms with Crippen LogP contribution in [0.2, 0.25) is 0 Å². The highest BCUT2D eigenvalue weighted by Gasteiger charge is 2.25. The number of methoxy groups -OCH3 is 1. The van der Waals surface area contributed by atoms with Gasteiger partial charge in [0.2, 0.25) is 5.91 Å². The highest BCUT2D eigenvalue weighted by molar-refractivity contribution is 5.76. The Balaban J connectivity index is 1.64. The van der Waals surface area contributed by atoms with Crippen molar-refractivity contribution < 1.29 is 9.53 Å². The third kappa shape index (κ3) is 5.26. The summed E-state index contributed by atoms with van der Waals surface area (Å²) >= 11 is 0. The summed E-state index contributed by atoms with van der Waals surface area (Å²) in [6, 6.07) is 0. The SMILES string of the molecule is CCCC(=O)N1CCC(CN2CCC(COC)CC2)CC1. The molecule has 2 saturated heterocycles. The number of carbonyl (C=O) groups is 1. The Hall–Kier alpha value is -0.610. The Morgan fingerprint density at radius 3 is 2.24 bits per heavy atom.